The lowest BCUT2D eigenvalue weighted by Crippen LogP contribution is -2.27. The van der Waals surface area contributed by atoms with Crippen LogP contribution in [0.1, 0.15) is 12.0 Å². The highest BCUT2D eigenvalue weighted by atomic mass is 16.5. The fraction of sp³-hybridized carbons (Fsp3) is 0.263. The molecule has 0 atom stereocenters. The number of amides is 1. The molecule has 2 heterocycles. The van der Waals surface area contributed by atoms with Gasteiger partial charge in [-0.1, -0.05) is 12.1 Å². The molecule has 0 unspecified atom stereocenters. The number of hydrogen-bond donors (Lipinski definition) is 1. The normalized spacial score (nSPS) is 10.6. The van der Waals surface area contributed by atoms with Crippen LogP contribution in [0.4, 0.5) is 0 Å². The smallest absolute Gasteiger partial charge is 0.220 e. The summed E-state index contributed by atoms with van der Waals surface area (Å²) in [5, 5.41) is 7.22. The molecule has 1 amide bonds. The first-order chi connectivity index (χ1) is 12.2. The number of nitrogens with zero attached hydrogens (tertiary/aromatic N) is 2. The maximum absolute atomic E-state index is 11.9. The number of aryl methyl sites for hydroxylation is 1. The maximum atomic E-state index is 11.9. The maximum Gasteiger partial charge on any atom is 0.220 e. The molecule has 3 aromatic rings. The minimum Gasteiger partial charge on any atom is -0.497 e. The summed E-state index contributed by atoms with van der Waals surface area (Å²) in [5.41, 5.74) is 3.11. The molecule has 0 bridgehead atoms. The summed E-state index contributed by atoms with van der Waals surface area (Å²) in [7, 11) is 1.64. The molecule has 3 rings (SSSR count). The van der Waals surface area contributed by atoms with Gasteiger partial charge in [0.15, 0.2) is 0 Å². The number of ether oxygens (including phenoxy) is 1. The third kappa shape index (κ3) is 4.73. The van der Waals surface area contributed by atoms with Gasteiger partial charge in [0.05, 0.1) is 32.4 Å². The summed E-state index contributed by atoms with van der Waals surface area (Å²) in [6.07, 6.45) is 8.22. The Morgan fingerprint density at radius 1 is 1.24 bits per heavy atom. The molecule has 25 heavy (non-hydrogen) atoms. The summed E-state index contributed by atoms with van der Waals surface area (Å²) in [6, 6.07) is 9.66. The topological polar surface area (TPSA) is 69.3 Å². The lowest BCUT2D eigenvalue weighted by molar-refractivity contribution is -0.121. The van der Waals surface area contributed by atoms with Crippen LogP contribution in [0.3, 0.4) is 0 Å². The van der Waals surface area contributed by atoms with Gasteiger partial charge in [-0.25, -0.2) is 0 Å². The Morgan fingerprint density at radius 3 is 2.80 bits per heavy atom. The highest BCUT2D eigenvalue weighted by Crippen LogP contribution is 2.18. The first-order valence-corrected chi connectivity index (χ1v) is 8.19. The van der Waals surface area contributed by atoms with Gasteiger partial charge >= 0.3 is 0 Å². The lowest BCUT2D eigenvalue weighted by Gasteiger charge is -2.06. The van der Waals surface area contributed by atoms with Crippen LogP contribution in [-0.2, 0) is 17.8 Å². The number of nitrogens with one attached hydrogen (secondary N) is 1. The molecule has 0 radical (unpaired) electrons. The molecule has 0 fully saturated rings. The summed E-state index contributed by atoms with van der Waals surface area (Å²) < 4.78 is 12.0. The standard InChI is InChI=1S/C19H21N3O3/c1-24-18-5-2-15(3-6-18)4-7-19(23)20-9-10-22-13-17(12-21-22)16-8-11-25-14-16/h2-3,5-6,8,11-14H,4,7,9-10H2,1H3,(H,20,23). The van der Waals surface area contributed by atoms with Crippen molar-refractivity contribution in [1.29, 1.82) is 0 Å². The molecule has 0 aliphatic heterocycles. The molecule has 1 aromatic carbocycles. The van der Waals surface area contributed by atoms with Crippen LogP contribution in [0.25, 0.3) is 11.1 Å². The van der Waals surface area contributed by atoms with Crippen molar-refractivity contribution in [2.75, 3.05) is 13.7 Å². The Kier molecular flexibility index (Phi) is 5.51. The molecule has 0 saturated heterocycles. The lowest BCUT2D eigenvalue weighted by atomic mass is 10.1. The molecular weight excluding hydrogens is 318 g/mol. The van der Waals surface area contributed by atoms with Crippen LogP contribution in [0, 0.1) is 0 Å². The van der Waals surface area contributed by atoms with Crippen molar-refractivity contribution in [3.63, 3.8) is 0 Å². The van der Waals surface area contributed by atoms with E-state index in [1.54, 1.807) is 25.8 Å². The van der Waals surface area contributed by atoms with E-state index in [2.05, 4.69) is 10.4 Å². The Hall–Kier alpha value is -3.02. The molecule has 6 nitrogen and oxygen atoms in total. The zero-order valence-corrected chi connectivity index (χ0v) is 14.1. The summed E-state index contributed by atoms with van der Waals surface area (Å²) in [5.74, 6) is 0.861. The van der Waals surface area contributed by atoms with Gasteiger partial charge in [0, 0.05) is 30.3 Å². The molecule has 0 aliphatic carbocycles. The number of carbonyl (C=O) groups is 1. The van der Waals surface area contributed by atoms with Gasteiger partial charge < -0.3 is 14.5 Å². The summed E-state index contributed by atoms with van der Waals surface area (Å²) >= 11 is 0. The Morgan fingerprint density at radius 2 is 2.08 bits per heavy atom. The second-order valence-electron chi connectivity index (χ2n) is 5.70. The minimum atomic E-state index is 0.0398. The van der Waals surface area contributed by atoms with E-state index in [1.165, 1.54) is 0 Å². The van der Waals surface area contributed by atoms with Crippen LogP contribution in [-0.4, -0.2) is 29.3 Å². The van der Waals surface area contributed by atoms with E-state index in [9.17, 15) is 4.79 Å². The van der Waals surface area contributed by atoms with Gasteiger partial charge in [0.1, 0.15) is 5.75 Å². The first kappa shape index (κ1) is 16.8. The van der Waals surface area contributed by atoms with Crippen LogP contribution < -0.4 is 10.1 Å². The molecular formula is C19H21N3O3. The number of furan rings is 1. The van der Waals surface area contributed by atoms with Crippen molar-refractivity contribution >= 4 is 5.91 Å². The SMILES string of the molecule is COc1ccc(CCC(=O)NCCn2cc(-c3ccoc3)cn2)cc1. The Bertz CT molecular complexity index is 792. The highest BCUT2D eigenvalue weighted by Gasteiger charge is 2.05. The number of benzene rings is 1. The van der Waals surface area contributed by atoms with Gasteiger partial charge in [-0.05, 0) is 30.2 Å². The van der Waals surface area contributed by atoms with Gasteiger partial charge in [-0.2, -0.15) is 5.10 Å². The van der Waals surface area contributed by atoms with Crippen LogP contribution in [0.2, 0.25) is 0 Å². The molecule has 1 N–H and O–H groups in total. The van der Waals surface area contributed by atoms with E-state index in [-0.39, 0.29) is 5.91 Å². The predicted octanol–water partition coefficient (Wildman–Crippen LogP) is 2.90. The van der Waals surface area contributed by atoms with Crippen LogP contribution >= 0.6 is 0 Å². The minimum absolute atomic E-state index is 0.0398. The third-order valence-corrected chi connectivity index (χ3v) is 3.95. The Balaban J connectivity index is 1.39. The molecule has 6 heteroatoms. The Labute approximate surface area is 146 Å². The van der Waals surface area contributed by atoms with E-state index in [1.807, 2.05) is 41.2 Å². The second kappa shape index (κ2) is 8.19. The van der Waals surface area contributed by atoms with Crippen molar-refractivity contribution in [1.82, 2.24) is 15.1 Å². The van der Waals surface area contributed by atoms with Gasteiger partial charge in [-0.3, -0.25) is 9.48 Å². The van der Waals surface area contributed by atoms with Crippen molar-refractivity contribution in [2.24, 2.45) is 0 Å². The number of carbonyl (C=O) groups excluding carboxylic acids is 1. The van der Waals surface area contributed by atoms with Gasteiger partial charge in [-0.15, -0.1) is 0 Å². The first-order valence-electron chi connectivity index (χ1n) is 8.19. The summed E-state index contributed by atoms with van der Waals surface area (Å²) in [4.78, 5) is 11.9. The molecule has 2 aromatic heterocycles. The number of methoxy groups -OCH3 is 1. The quantitative estimate of drug-likeness (QED) is 0.685. The second-order valence-corrected chi connectivity index (χ2v) is 5.70. The average molecular weight is 339 g/mol. The zero-order chi connectivity index (χ0) is 17.5. The molecule has 130 valence electrons. The van der Waals surface area contributed by atoms with Crippen molar-refractivity contribution < 1.29 is 13.9 Å². The van der Waals surface area contributed by atoms with E-state index >= 15 is 0 Å². The van der Waals surface area contributed by atoms with Gasteiger partial charge in [0.2, 0.25) is 5.91 Å². The molecule has 0 aliphatic rings. The average Bonchev–Trinajstić information content (AvgIpc) is 3.32. The third-order valence-electron chi connectivity index (χ3n) is 3.95. The van der Waals surface area contributed by atoms with Crippen LogP contribution in [0.15, 0.2) is 59.7 Å². The largest absolute Gasteiger partial charge is 0.497 e. The number of rotatable bonds is 8. The highest BCUT2D eigenvalue weighted by molar-refractivity contribution is 5.76. The number of hydrogen-bond acceptors (Lipinski definition) is 4. The van der Waals surface area contributed by atoms with E-state index in [0.29, 0.717) is 25.9 Å². The summed E-state index contributed by atoms with van der Waals surface area (Å²) in [6.45, 7) is 1.18. The predicted molar refractivity (Wildman–Crippen MR) is 94.3 cm³/mol. The van der Waals surface area contributed by atoms with E-state index in [4.69, 9.17) is 9.15 Å². The fourth-order valence-corrected chi connectivity index (χ4v) is 2.51. The fourth-order valence-electron chi connectivity index (χ4n) is 2.51. The molecule has 0 spiro atoms. The van der Waals surface area contributed by atoms with Gasteiger partial charge in [0.25, 0.3) is 0 Å². The van der Waals surface area contributed by atoms with E-state index in [0.717, 1.165) is 22.4 Å². The van der Waals surface area contributed by atoms with Crippen LogP contribution in [0.5, 0.6) is 5.75 Å². The zero-order valence-electron chi connectivity index (χ0n) is 14.1. The molecule has 0 saturated carbocycles. The van der Waals surface area contributed by atoms with E-state index < -0.39 is 0 Å². The monoisotopic (exact) mass is 339 g/mol. The van der Waals surface area contributed by atoms with Crippen molar-refractivity contribution in [2.45, 2.75) is 19.4 Å². The number of aromatic nitrogens is 2. The van der Waals surface area contributed by atoms with Crippen molar-refractivity contribution in [3.8, 4) is 16.9 Å². The van der Waals surface area contributed by atoms with Crippen molar-refractivity contribution in [3.05, 3.63) is 60.8 Å².